The molecule has 2 aromatic heterocycles. The van der Waals surface area contributed by atoms with Crippen molar-refractivity contribution >= 4 is 17.1 Å². The Morgan fingerprint density at radius 1 is 1.09 bits per heavy atom. The standard InChI is InChI=1S/C27H37N5O2/c1-18-8-9-21(19(2)30-12-14-31(15-13-30)20(3)33)16-22(18)23-10-11-24-25(28-23)29(7)26(34)32(24)17-27(4,5)6/h8-11,16,19H,12-15,17H2,1-7H3. The van der Waals surface area contributed by atoms with Gasteiger partial charge in [-0.05, 0) is 48.6 Å². The van der Waals surface area contributed by atoms with Crippen LogP contribution in [-0.4, -0.2) is 56.0 Å². The van der Waals surface area contributed by atoms with E-state index in [0.717, 1.165) is 48.5 Å². The number of aryl methyl sites for hydroxylation is 2. The predicted octanol–water partition coefficient (Wildman–Crippen LogP) is 3.98. The van der Waals surface area contributed by atoms with Crippen molar-refractivity contribution in [2.75, 3.05) is 26.2 Å². The Morgan fingerprint density at radius 3 is 2.38 bits per heavy atom. The molecule has 4 rings (SSSR count). The number of hydrogen-bond donors (Lipinski definition) is 0. The summed E-state index contributed by atoms with van der Waals surface area (Å²) >= 11 is 0. The molecule has 1 fully saturated rings. The number of aromatic nitrogens is 3. The number of piperazine rings is 1. The molecule has 1 amide bonds. The maximum atomic E-state index is 12.9. The molecule has 7 nitrogen and oxygen atoms in total. The quantitative estimate of drug-likeness (QED) is 0.587. The number of nitrogens with zero attached hydrogens (tertiary/aromatic N) is 5. The van der Waals surface area contributed by atoms with E-state index in [2.05, 4.69) is 57.7 Å². The van der Waals surface area contributed by atoms with E-state index in [0.29, 0.717) is 12.2 Å². The van der Waals surface area contributed by atoms with Crippen molar-refractivity contribution in [3.63, 3.8) is 0 Å². The fraction of sp³-hybridized carbons (Fsp3) is 0.519. The summed E-state index contributed by atoms with van der Waals surface area (Å²) in [6.07, 6.45) is 0. The van der Waals surface area contributed by atoms with Gasteiger partial charge in [0, 0.05) is 58.3 Å². The number of imidazole rings is 1. The molecule has 1 aromatic carbocycles. The maximum absolute atomic E-state index is 12.9. The predicted molar refractivity (Wildman–Crippen MR) is 137 cm³/mol. The van der Waals surface area contributed by atoms with Crippen molar-refractivity contribution in [3.05, 3.63) is 51.9 Å². The SMILES string of the molecule is CC(=O)N1CCN(C(C)c2ccc(C)c(-c3ccc4c(n3)n(C)c(=O)n4CC(C)(C)C)c2)CC1. The number of carbonyl (C=O) groups excluding carboxylic acids is 1. The highest BCUT2D eigenvalue weighted by Gasteiger charge is 2.24. The normalized spacial score (nSPS) is 16.3. The van der Waals surface area contributed by atoms with Crippen LogP contribution in [0.25, 0.3) is 22.4 Å². The Bertz CT molecular complexity index is 1270. The van der Waals surface area contributed by atoms with Crippen LogP contribution in [0, 0.1) is 12.3 Å². The molecule has 1 unspecified atom stereocenters. The van der Waals surface area contributed by atoms with Crippen LogP contribution in [0.1, 0.15) is 51.8 Å². The number of hydrogen-bond acceptors (Lipinski definition) is 4. The fourth-order valence-corrected chi connectivity index (χ4v) is 4.86. The third-order valence-electron chi connectivity index (χ3n) is 6.94. The highest BCUT2D eigenvalue weighted by molar-refractivity contribution is 5.77. The number of carbonyl (C=O) groups is 1. The van der Waals surface area contributed by atoms with Gasteiger partial charge in [-0.2, -0.15) is 0 Å². The fourth-order valence-electron chi connectivity index (χ4n) is 4.86. The lowest BCUT2D eigenvalue weighted by molar-refractivity contribution is -0.130. The Balaban J connectivity index is 1.67. The first-order valence-electron chi connectivity index (χ1n) is 12.1. The minimum atomic E-state index is -0.0293. The van der Waals surface area contributed by atoms with Gasteiger partial charge < -0.3 is 4.90 Å². The Kier molecular flexibility index (Phi) is 6.42. The minimum Gasteiger partial charge on any atom is -0.340 e. The average molecular weight is 464 g/mol. The molecule has 0 spiro atoms. The van der Waals surface area contributed by atoms with Crippen LogP contribution in [-0.2, 0) is 18.4 Å². The van der Waals surface area contributed by atoms with Crippen LogP contribution in [0.3, 0.4) is 0 Å². The molecule has 1 aliphatic rings. The third-order valence-corrected chi connectivity index (χ3v) is 6.94. The molecule has 7 heteroatoms. The zero-order valence-corrected chi connectivity index (χ0v) is 21.6. The van der Waals surface area contributed by atoms with Crippen LogP contribution in [0.15, 0.2) is 35.1 Å². The highest BCUT2D eigenvalue weighted by Crippen LogP contribution is 2.30. The topological polar surface area (TPSA) is 63.4 Å². The zero-order valence-electron chi connectivity index (χ0n) is 21.6. The minimum absolute atomic E-state index is 0.00621. The molecule has 0 bridgehead atoms. The van der Waals surface area contributed by atoms with E-state index in [4.69, 9.17) is 4.98 Å². The van der Waals surface area contributed by atoms with Gasteiger partial charge in [-0.3, -0.25) is 18.8 Å². The van der Waals surface area contributed by atoms with Crippen molar-refractivity contribution in [2.45, 2.75) is 54.1 Å². The van der Waals surface area contributed by atoms with Crippen molar-refractivity contribution in [1.29, 1.82) is 0 Å². The van der Waals surface area contributed by atoms with Crippen LogP contribution in [0.2, 0.25) is 0 Å². The number of rotatable bonds is 4. The first-order chi connectivity index (χ1) is 16.0. The van der Waals surface area contributed by atoms with Gasteiger partial charge in [0.2, 0.25) is 5.91 Å². The van der Waals surface area contributed by atoms with Gasteiger partial charge in [-0.1, -0.05) is 32.9 Å². The van der Waals surface area contributed by atoms with Crippen LogP contribution in [0.4, 0.5) is 0 Å². The summed E-state index contributed by atoms with van der Waals surface area (Å²) in [6, 6.07) is 10.9. The molecule has 1 saturated heterocycles. The van der Waals surface area contributed by atoms with E-state index in [1.165, 1.54) is 5.56 Å². The van der Waals surface area contributed by atoms with Gasteiger partial charge in [0.05, 0.1) is 11.2 Å². The van der Waals surface area contributed by atoms with Gasteiger partial charge >= 0.3 is 5.69 Å². The summed E-state index contributed by atoms with van der Waals surface area (Å²) < 4.78 is 3.49. The zero-order chi connectivity index (χ0) is 24.8. The Labute approximate surface area is 202 Å². The number of fused-ring (bicyclic) bond motifs is 1. The molecule has 1 aliphatic heterocycles. The summed E-state index contributed by atoms with van der Waals surface area (Å²) in [4.78, 5) is 33.9. The lowest BCUT2D eigenvalue weighted by Gasteiger charge is -2.38. The van der Waals surface area contributed by atoms with Crippen molar-refractivity contribution < 1.29 is 4.79 Å². The van der Waals surface area contributed by atoms with E-state index < -0.39 is 0 Å². The van der Waals surface area contributed by atoms with Crippen molar-refractivity contribution in [2.24, 2.45) is 12.5 Å². The first kappa shape index (κ1) is 24.2. The van der Waals surface area contributed by atoms with Crippen LogP contribution >= 0.6 is 0 Å². The van der Waals surface area contributed by atoms with Crippen LogP contribution < -0.4 is 5.69 Å². The largest absolute Gasteiger partial charge is 0.340 e. The molecular formula is C27H37N5O2. The van der Waals surface area contributed by atoms with Gasteiger partial charge in [-0.25, -0.2) is 9.78 Å². The molecule has 0 aliphatic carbocycles. The Morgan fingerprint density at radius 2 is 1.76 bits per heavy atom. The molecule has 3 aromatic rings. The van der Waals surface area contributed by atoms with E-state index in [1.54, 1.807) is 18.5 Å². The van der Waals surface area contributed by atoms with E-state index in [-0.39, 0.29) is 23.1 Å². The van der Waals surface area contributed by atoms with Crippen LogP contribution in [0.5, 0.6) is 0 Å². The lowest BCUT2D eigenvalue weighted by atomic mass is 9.96. The highest BCUT2D eigenvalue weighted by atomic mass is 16.2. The van der Waals surface area contributed by atoms with Gasteiger partial charge in [-0.15, -0.1) is 0 Å². The van der Waals surface area contributed by atoms with E-state index in [9.17, 15) is 9.59 Å². The summed E-state index contributed by atoms with van der Waals surface area (Å²) in [5.41, 5.74) is 5.91. The molecule has 182 valence electrons. The Hall–Kier alpha value is -2.93. The molecule has 1 atom stereocenters. The lowest BCUT2D eigenvalue weighted by Crippen LogP contribution is -2.48. The molecule has 34 heavy (non-hydrogen) atoms. The molecule has 3 heterocycles. The summed E-state index contributed by atoms with van der Waals surface area (Å²) in [6.45, 7) is 16.3. The van der Waals surface area contributed by atoms with Crippen molar-refractivity contribution in [1.82, 2.24) is 23.9 Å². The summed E-state index contributed by atoms with van der Waals surface area (Å²) in [5, 5.41) is 0. The first-order valence-corrected chi connectivity index (χ1v) is 12.1. The maximum Gasteiger partial charge on any atom is 0.330 e. The molecular weight excluding hydrogens is 426 g/mol. The van der Waals surface area contributed by atoms with Crippen molar-refractivity contribution in [3.8, 4) is 11.3 Å². The number of benzene rings is 1. The van der Waals surface area contributed by atoms with E-state index in [1.807, 2.05) is 21.6 Å². The number of amides is 1. The van der Waals surface area contributed by atoms with Gasteiger partial charge in [0.1, 0.15) is 0 Å². The summed E-state index contributed by atoms with van der Waals surface area (Å²) in [5.74, 6) is 0.150. The second kappa shape index (κ2) is 9.02. The van der Waals surface area contributed by atoms with Gasteiger partial charge in [0.15, 0.2) is 5.65 Å². The van der Waals surface area contributed by atoms with E-state index >= 15 is 0 Å². The molecule has 0 radical (unpaired) electrons. The molecule has 0 N–H and O–H groups in total. The molecule has 0 saturated carbocycles. The number of pyridine rings is 1. The second-order valence-corrected chi connectivity index (χ2v) is 10.8. The smallest absolute Gasteiger partial charge is 0.330 e. The van der Waals surface area contributed by atoms with Gasteiger partial charge in [0.25, 0.3) is 0 Å². The third kappa shape index (κ3) is 4.67. The second-order valence-electron chi connectivity index (χ2n) is 10.8. The summed E-state index contributed by atoms with van der Waals surface area (Å²) in [7, 11) is 1.80. The average Bonchev–Trinajstić information content (AvgIpc) is 3.02. The monoisotopic (exact) mass is 463 g/mol.